The number of halogens is 2. The van der Waals surface area contributed by atoms with E-state index in [1.807, 2.05) is 0 Å². The van der Waals surface area contributed by atoms with Crippen molar-refractivity contribution in [3.63, 3.8) is 0 Å². The van der Waals surface area contributed by atoms with Gasteiger partial charge in [-0.3, -0.25) is 0 Å². The van der Waals surface area contributed by atoms with Gasteiger partial charge in [-0.1, -0.05) is 0 Å². The van der Waals surface area contributed by atoms with Gasteiger partial charge in [0.05, 0.1) is 0 Å². The van der Waals surface area contributed by atoms with Crippen molar-refractivity contribution in [2.45, 2.75) is 23.9 Å². The molecule has 0 heterocycles. The molecule has 2 aliphatic carbocycles. The van der Waals surface area contributed by atoms with Gasteiger partial charge in [-0.05, 0) is 0 Å². The van der Waals surface area contributed by atoms with Crippen LogP contribution in [0.4, 0.5) is 0 Å². The van der Waals surface area contributed by atoms with E-state index in [1.165, 1.54) is 33.4 Å². The van der Waals surface area contributed by atoms with Gasteiger partial charge in [-0.2, -0.15) is 0 Å². The summed E-state index contributed by atoms with van der Waals surface area (Å²) in [5, 5.41) is 0. The Morgan fingerprint density at radius 1 is 0.639 bits per heavy atom. The Labute approximate surface area is 234 Å². The summed E-state index contributed by atoms with van der Waals surface area (Å²) in [7, 11) is 0. The molecule has 0 atom stereocenters. The van der Waals surface area contributed by atoms with E-state index in [2.05, 4.69) is 129 Å². The van der Waals surface area contributed by atoms with Crippen molar-refractivity contribution in [1.29, 1.82) is 0 Å². The van der Waals surface area contributed by atoms with Gasteiger partial charge in [0.2, 0.25) is 0 Å². The molecule has 0 fully saturated rings. The zero-order chi connectivity index (χ0) is 23.1. The van der Waals surface area contributed by atoms with E-state index in [-0.39, 0.29) is 24.8 Å². The molecule has 2 aliphatic rings. The zero-order valence-electron chi connectivity index (χ0n) is 20.5. The third kappa shape index (κ3) is 4.82. The van der Waals surface area contributed by atoms with Gasteiger partial charge in [0.25, 0.3) is 0 Å². The van der Waals surface area contributed by atoms with Gasteiger partial charge in [-0.25, -0.2) is 0 Å². The minimum Gasteiger partial charge on any atom is -1.00 e. The van der Waals surface area contributed by atoms with Gasteiger partial charge in [0.1, 0.15) is 0 Å². The van der Waals surface area contributed by atoms with Crippen LogP contribution in [0, 0.1) is 0 Å². The van der Waals surface area contributed by atoms with Crippen molar-refractivity contribution in [2.75, 3.05) is 0 Å². The molecular weight excluding hydrogens is 558 g/mol. The van der Waals surface area contributed by atoms with E-state index >= 15 is 0 Å². The Bertz CT molecular complexity index is 1390. The third-order valence-corrected chi connectivity index (χ3v) is 15.4. The first-order valence-corrected chi connectivity index (χ1v) is 16.0. The van der Waals surface area contributed by atoms with E-state index in [0.717, 1.165) is 6.42 Å². The average molecular weight is 587 g/mol. The minimum absolute atomic E-state index is 0. The molecule has 6 rings (SSSR count). The summed E-state index contributed by atoms with van der Waals surface area (Å²) in [6.45, 7) is 4.79. The molecule has 0 spiro atoms. The largest absolute Gasteiger partial charge is 1.00 e. The second kappa shape index (κ2) is 11.4. The van der Waals surface area contributed by atoms with Crippen molar-refractivity contribution in [3.05, 3.63) is 130 Å². The Balaban J connectivity index is 0.00000152. The molecule has 0 saturated heterocycles. The van der Waals surface area contributed by atoms with Crippen molar-refractivity contribution < 1.29 is 46.1 Å². The van der Waals surface area contributed by atoms with Crippen LogP contribution < -0.4 is 24.8 Å². The minimum atomic E-state index is -2.15. The molecule has 0 N–H and O–H groups in total. The predicted octanol–water partition coefficient (Wildman–Crippen LogP) is 2.77. The van der Waals surface area contributed by atoms with Gasteiger partial charge in [-0.15, -0.1) is 0 Å². The van der Waals surface area contributed by atoms with Gasteiger partial charge in [0, 0.05) is 0 Å². The molecule has 4 aromatic carbocycles. The Kier molecular flexibility index (Phi) is 8.46. The molecule has 36 heavy (non-hydrogen) atoms. The summed E-state index contributed by atoms with van der Waals surface area (Å²) in [5.74, 6) is 0. The van der Waals surface area contributed by atoms with Crippen LogP contribution in [0.25, 0.3) is 33.4 Å². The molecule has 3 heteroatoms. The van der Waals surface area contributed by atoms with Gasteiger partial charge in [0.15, 0.2) is 0 Å². The van der Waals surface area contributed by atoms with Crippen LogP contribution in [-0.2, 0) is 21.3 Å². The van der Waals surface area contributed by atoms with E-state index in [0.29, 0.717) is 3.63 Å². The van der Waals surface area contributed by atoms with Crippen LogP contribution in [-0.4, -0.2) is 3.21 Å². The first-order chi connectivity index (χ1) is 16.7. The normalized spacial score (nSPS) is 13.0. The second-order valence-corrected chi connectivity index (χ2v) is 17.0. The first kappa shape index (κ1) is 26.7. The monoisotopic (exact) mass is 584 g/mol. The maximum Gasteiger partial charge on any atom is -1.00 e. The summed E-state index contributed by atoms with van der Waals surface area (Å²) in [4.78, 5) is 0. The maximum absolute atomic E-state index is 2.50. The molecule has 0 radical (unpaired) electrons. The second-order valence-electron chi connectivity index (χ2n) is 9.51. The SMILES string of the molecule is C[C](C)=[Zr+2]([C]1=CC=CC1)[CH]1c2cc(-c3ccccc3)ccc2-c2ccc(-c3ccccc3)cc21.[Cl-].[Cl-]. The van der Waals surface area contributed by atoms with Crippen LogP contribution >= 0.6 is 0 Å². The van der Waals surface area contributed by atoms with Crippen molar-refractivity contribution >= 4 is 3.21 Å². The molecule has 0 aliphatic heterocycles. The molecule has 0 amide bonds. The Morgan fingerprint density at radius 2 is 1.14 bits per heavy atom. The van der Waals surface area contributed by atoms with Crippen LogP contribution in [0.5, 0.6) is 0 Å². The fourth-order valence-corrected chi connectivity index (χ4v) is 13.8. The van der Waals surface area contributed by atoms with Crippen LogP contribution in [0.3, 0.4) is 0 Å². The summed E-state index contributed by atoms with van der Waals surface area (Å²) in [6, 6.07) is 36.1. The van der Waals surface area contributed by atoms with E-state index in [4.69, 9.17) is 0 Å². The Morgan fingerprint density at radius 3 is 1.56 bits per heavy atom. The fraction of sp³-hybridized carbons (Fsp3) is 0.121. The van der Waals surface area contributed by atoms with Crippen LogP contribution in [0.1, 0.15) is 35.0 Å². The number of rotatable bonds is 4. The first-order valence-electron chi connectivity index (χ1n) is 12.1. The number of allylic oxidation sites excluding steroid dienone is 4. The van der Waals surface area contributed by atoms with Crippen LogP contribution in [0.15, 0.2) is 119 Å². The smallest absolute Gasteiger partial charge is 1.00 e. The molecular formula is C33H28Cl2Zr. The molecule has 178 valence electrons. The van der Waals surface area contributed by atoms with E-state index in [1.54, 1.807) is 17.6 Å². The molecule has 0 bridgehead atoms. The standard InChI is InChI=1S/C25H17.C5H5.C3H6.2ClH.Zr/c1-3-7-18(8-4-1)20-11-13-24-22(15-20)17-23-16-21(12-14-25(23)24)19-9-5-2-6-10-19;1-2-4-5-3-1;1-3-2;;;/h1-17H;1-3H,4H2;1-2H3;2*1H;/q;;;;;+2/p-2. The number of hydrogen-bond acceptors (Lipinski definition) is 0. The molecule has 0 unspecified atom stereocenters. The molecule has 0 saturated carbocycles. The summed E-state index contributed by atoms with van der Waals surface area (Å²) in [6.07, 6.45) is 8.19. The maximum atomic E-state index is 2.50. The number of fused-ring (bicyclic) bond motifs is 3. The van der Waals surface area contributed by atoms with E-state index in [9.17, 15) is 0 Å². The zero-order valence-corrected chi connectivity index (χ0v) is 24.5. The summed E-state index contributed by atoms with van der Waals surface area (Å²) >= 11 is -2.15. The van der Waals surface area contributed by atoms with Crippen molar-refractivity contribution in [3.8, 4) is 33.4 Å². The molecule has 4 aromatic rings. The van der Waals surface area contributed by atoms with Crippen molar-refractivity contribution in [1.82, 2.24) is 0 Å². The van der Waals surface area contributed by atoms with E-state index < -0.39 is 21.3 Å². The molecule has 0 nitrogen and oxygen atoms in total. The Hall–Kier alpha value is -2.31. The van der Waals surface area contributed by atoms with Gasteiger partial charge < -0.3 is 24.8 Å². The fourth-order valence-electron chi connectivity index (χ4n) is 5.63. The molecule has 0 aromatic heterocycles. The summed E-state index contributed by atoms with van der Waals surface area (Å²) in [5.41, 5.74) is 11.2. The predicted molar refractivity (Wildman–Crippen MR) is 143 cm³/mol. The third-order valence-electron chi connectivity index (χ3n) is 7.17. The quantitative estimate of drug-likeness (QED) is 0.345. The number of hydrogen-bond donors (Lipinski definition) is 0. The number of benzene rings is 4. The average Bonchev–Trinajstić information content (AvgIpc) is 3.52. The van der Waals surface area contributed by atoms with Crippen LogP contribution in [0.2, 0.25) is 0 Å². The topological polar surface area (TPSA) is 0 Å². The van der Waals surface area contributed by atoms with Gasteiger partial charge >= 0.3 is 211 Å². The summed E-state index contributed by atoms with van der Waals surface area (Å²) < 4.78 is 3.92. The van der Waals surface area contributed by atoms with Crippen molar-refractivity contribution in [2.24, 2.45) is 0 Å².